The molecule has 4 heteroatoms. The van der Waals surface area contributed by atoms with Crippen LogP contribution in [0.1, 0.15) is 36.3 Å². The van der Waals surface area contributed by atoms with Crippen LogP contribution in [-0.2, 0) is 19.9 Å². The van der Waals surface area contributed by atoms with Crippen molar-refractivity contribution in [1.29, 1.82) is 0 Å². The second kappa shape index (κ2) is 6.57. The molecule has 108 valence electrons. The van der Waals surface area contributed by atoms with Crippen molar-refractivity contribution in [3.05, 3.63) is 47.3 Å². The Morgan fingerprint density at radius 3 is 2.55 bits per heavy atom. The molecule has 0 amide bonds. The van der Waals surface area contributed by atoms with Crippen LogP contribution in [0, 0.1) is 0 Å². The molecule has 0 radical (unpaired) electrons. The summed E-state index contributed by atoms with van der Waals surface area (Å²) in [6, 6.07) is 10.3. The van der Waals surface area contributed by atoms with Gasteiger partial charge in [-0.1, -0.05) is 19.1 Å². The number of aryl methyl sites for hydroxylation is 3. The number of benzene rings is 1. The number of nitrogens with two attached hydrogens (primary N) is 1. The van der Waals surface area contributed by atoms with Gasteiger partial charge in [-0.15, -0.1) is 0 Å². The van der Waals surface area contributed by atoms with Crippen LogP contribution in [0.2, 0.25) is 0 Å². The summed E-state index contributed by atoms with van der Waals surface area (Å²) < 4.78 is 7.06. The van der Waals surface area contributed by atoms with Gasteiger partial charge in [-0.25, -0.2) is 0 Å². The Hall–Kier alpha value is -1.81. The van der Waals surface area contributed by atoms with Crippen molar-refractivity contribution in [3.63, 3.8) is 0 Å². The maximum absolute atomic E-state index is 6.28. The molecule has 20 heavy (non-hydrogen) atoms. The van der Waals surface area contributed by atoms with Gasteiger partial charge in [-0.3, -0.25) is 4.68 Å². The zero-order valence-corrected chi connectivity index (χ0v) is 12.5. The van der Waals surface area contributed by atoms with E-state index >= 15 is 0 Å². The smallest absolute Gasteiger partial charge is 0.118 e. The van der Waals surface area contributed by atoms with Gasteiger partial charge in [0.05, 0.1) is 18.5 Å². The summed E-state index contributed by atoms with van der Waals surface area (Å²) in [4.78, 5) is 0. The van der Waals surface area contributed by atoms with Gasteiger partial charge in [0.25, 0.3) is 0 Å². The molecule has 2 rings (SSSR count). The molecular formula is C16H23N3O. The third-order valence-corrected chi connectivity index (χ3v) is 3.61. The third-order valence-electron chi connectivity index (χ3n) is 3.61. The van der Waals surface area contributed by atoms with E-state index in [0.717, 1.165) is 36.4 Å². The fraction of sp³-hybridized carbons (Fsp3) is 0.438. The van der Waals surface area contributed by atoms with Gasteiger partial charge < -0.3 is 10.5 Å². The van der Waals surface area contributed by atoms with Crippen LogP contribution in [0.5, 0.6) is 5.75 Å². The largest absolute Gasteiger partial charge is 0.497 e. The van der Waals surface area contributed by atoms with Crippen LogP contribution in [0.3, 0.4) is 0 Å². The first kappa shape index (κ1) is 14.6. The second-order valence-electron chi connectivity index (χ2n) is 5.03. The highest BCUT2D eigenvalue weighted by Crippen LogP contribution is 2.19. The molecular weight excluding hydrogens is 250 g/mol. The van der Waals surface area contributed by atoms with Crippen molar-refractivity contribution < 1.29 is 4.74 Å². The number of nitrogens with zero attached hydrogens (tertiary/aromatic N) is 2. The second-order valence-corrected chi connectivity index (χ2v) is 5.03. The highest BCUT2D eigenvalue weighted by atomic mass is 16.5. The number of methoxy groups -OCH3 is 1. The van der Waals surface area contributed by atoms with Crippen LogP contribution in [0.25, 0.3) is 0 Å². The minimum absolute atomic E-state index is 0.0231. The Morgan fingerprint density at radius 2 is 2.00 bits per heavy atom. The van der Waals surface area contributed by atoms with E-state index in [1.807, 2.05) is 23.9 Å². The molecule has 0 aliphatic heterocycles. The number of aromatic nitrogens is 2. The zero-order chi connectivity index (χ0) is 14.5. The SMILES string of the molecule is CCc1cc(C(N)CCc2ccc(OC)cc2)n(C)n1. The van der Waals surface area contributed by atoms with E-state index in [1.54, 1.807) is 7.11 Å². The maximum Gasteiger partial charge on any atom is 0.118 e. The molecule has 1 unspecified atom stereocenters. The lowest BCUT2D eigenvalue weighted by atomic mass is 10.0. The topological polar surface area (TPSA) is 53.1 Å². The summed E-state index contributed by atoms with van der Waals surface area (Å²) >= 11 is 0. The van der Waals surface area contributed by atoms with Crippen LogP contribution < -0.4 is 10.5 Å². The Morgan fingerprint density at radius 1 is 1.30 bits per heavy atom. The normalized spacial score (nSPS) is 12.4. The van der Waals surface area contributed by atoms with Gasteiger partial charge in [0.2, 0.25) is 0 Å². The average molecular weight is 273 g/mol. The van der Waals surface area contributed by atoms with Gasteiger partial charge in [-0.05, 0) is 43.0 Å². The van der Waals surface area contributed by atoms with Gasteiger partial charge in [0.15, 0.2) is 0 Å². The quantitative estimate of drug-likeness (QED) is 0.880. The molecule has 1 aromatic heterocycles. The predicted octanol–water partition coefficient (Wildman–Crippen LogP) is 2.62. The van der Waals surface area contributed by atoms with Crippen LogP contribution in [0.4, 0.5) is 0 Å². The Labute approximate surface area is 120 Å². The molecule has 2 N–H and O–H groups in total. The summed E-state index contributed by atoms with van der Waals surface area (Å²) in [6.07, 6.45) is 2.81. The van der Waals surface area contributed by atoms with Crippen molar-refractivity contribution in [2.75, 3.05) is 7.11 Å². The van der Waals surface area contributed by atoms with Crippen molar-refractivity contribution in [2.24, 2.45) is 12.8 Å². The zero-order valence-electron chi connectivity index (χ0n) is 12.5. The van der Waals surface area contributed by atoms with Gasteiger partial charge in [-0.2, -0.15) is 5.10 Å². The lowest BCUT2D eigenvalue weighted by molar-refractivity contribution is 0.414. The van der Waals surface area contributed by atoms with Crippen LogP contribution in [-0.4, -0.2) is 16.9 Å². The molecule has 1 aromatic carbocycles. The van der Waals surface area contributed by atoms with Crippen molar-refractivity contribution in [2.45, 2.75) is 32.2 Å². The number of ether oxygens (including phenoxy) is 1. The molecule has 1 heterocycles. The van der Waals surface area contributed by atoms with Gasteiger partial charge in [0, 0.05) is 13.1 Å². The lowest BCUT2D eigenvalue weighted by Crippen LogP contribution is -2.15. The van der Waals surface area contributed by atoms with E-state index in [4.69, 9.17) is 10.5 Å². The molecule has 0 aliphatic rings. The number of hydrogen-bond acceptors (Lipinski definition) is 3. The molecule has 0 aliphatic carbocycles. The molecule has 1 atom stereocenters. The Balaban J connectivity index is 1.96. The summed E-state index contributed by atoms with van der Waals surface area (Å²) in [6.45, 7) is 2.11. The molecule has 0 bridgehead atoms. The van der Waals surface area contributed by atoms with E-state index in [-0.39, 0.29) is 6.04 Å². The van der Waals surface area contributed by atoms with E-state index < -0.39 is 0 Å². The Kier molecular flexibility index (Phi) is 4.79. The van der Waals surface area contributed by atoms with Crippen molar-refractivity contribution in [1.82, 2.24) is 9.78 Å². The molecule has 4 nitrogen and oxygen atoms in total. The highest BCUT2D eigenvalue weighted by Gasteiger charge is 2.12. The number of hydrogen-bond donors (Lipinski definition) is 1. The molecule has 0 spiro atoms. The van der Waals surface area contributed by atoms with Crippen LogP contribution in [0.15, 0.2) is 30.3 Å². The fourth-order valence-corrected chi connectivity index (χ4v) is 2.33. The minimum atomic E-state index is 0.0231. The number of rotatable bonds is 6. The predicted molar refractivity (Wildman–Crippen MR) is 80.8 cm³/mol. The van der Waals surface area contributed by atoms with Crippen LogP contribution >= 0.6 is 0 Å². The average Bonchev–Trinajstić information content (AvgIpc) is 2.86. The van der Waals surface area contributed by atoms with Gasteiger partial charge in [0.1, 0.15) is 5.75 Å². The monoisotopic (exact) mass is 273 g/mol. The van der Waals surface area contributed by atoms with E-state index in [9.17, 15) is 0 Å². The molecule has 0 saturated carbocycles. The molecule has 2 aromatic rings. The summed E-state index contributed by atoms with van der Waals surface area (Å²) in [5.74, 6) is 0.886. The van der Waals surface area contributed by atoms with E-state index in [1.165, 1.54) is 5.56 Å². The Bertz CT molecular complexity index is 545. The third kappa shape index (κ3) is 3.39. The first-order valence-corrected chi connectivity index (χ1v) is 7.05. The standard InChI is InChI=1S/C16H23N3O/c1-4-13-11-16(19(2)18-13)15(17)10-7-12-5-8-14(20-3)9-6-12/h5-6,8-9,11,15H,4,7,10,17H2,1-3H3. The first-order valence-electron chi connectivity index (χ1n) is 7.05. The fourth-order valence-electron chi connectivity index (χ4n) is 2.33. The highest BCUT2D eigenvalue weighted by molar-refractivity contribution is 5.27. The van der Waals surface area contributed by atoms with E-state index in [2.05, 4.69) is 30.2 Å². The molecule has 0 saturated heterocycles. The van der Waals surface area contributed by atoms with E-state index in [0.29, 0.717) is 0 Å². The molecule has 0 fully saturated rings. The first-order chi connectivity index (χ1) is 9.63. The summed E-state index contributed by atoms with van der Waals surface area (Å²) in [5.41, 5.74) is 9.77. The minimum Gasteiger partial charge on any atom is -0.497 e. The van der Waals surface area contributed by atoms with Gasteiger partial charge >= 0.3 is 0 Å². The van der Waals surface area contributed by atoms with Crippen molar-refractivity contribution in [3.8, 4) is 5.75 Å². The summed E-state index contributed by atoms with van der Waals surface area (Å²) in [7, 11) is 3.64. The lowest BCUT2D eigenvalue weighted by Gasteiger charge is -2.12. The maximum atomic E-state index is 6.28. The summed E-state index contributed by atoms with van der Waals surface area (Å²) in [5, 5.41) is 4.45. The van der Waals surface area contributed by atoms with Crippen molar-refractivity contribution >= 4 is 0 Å².